The van der Waals surface area contributed by atoms with Gasteiger partial charge in [-0.2, -0.15) is 0 Å². The molecular weight excluding hydrogens is 231 g/mol. The van der Waals surface area contributed by atoms with Crippen LogP contribution in [0.15, 0.2) is 0 Å². The average Bonchev–Trinajstić information content (AvgIpc) is 1.96. The zero-order valence-electron chi connectivity index (χ0n) is 7.93. The van der Waals surface area contributed by atoms with Crippen LogP contribution in [0.3, 0.4) is 0 Å². The zero-order chi connectivity index (χ0) is 9.56. The van der Waals surface area contributed by atoms with Crippen LogP contribution in [-0.2, 0) is 9.59 Å². The highest BCUT2D eigenvalue weighted by atomic mass is 35.5. The Kier molecular flexibility index (Phi) is 14.5. The Labute approximate surface area is 95.5 Å². The first-order valence-electron chi connectivity index (χ1n) is 4.02. The molecule has 4 nitrogen and oxygen atoms in total. The molecule has 0 amide bonds. The van der Waals surface area contributed by atoms with E-state index in [0.29, 0.717) is 6.42 Å². The van der Waals surface area contributed by atoms with E-state index >= 15 is 0 Å². The number of carboxylic acids is 2. The lowest BCUT2D eigenvalue weighted by atomic mass is 9.98. The van der Waals surface area contributed by atoms with Crippen molar-refractivity contribution in [2.45, 2.75) is 32.6 Å². The van der Waals surface area contributed by atoms with Gasteiger partial charge in [0.25, 0.3) is 0 Å². The lowest BCUT2D eigenvalue weighted by Gasteiger charge is -2.08. The van der Waals surface area contributed by atoms with Gasteiger partial charge in [-0.3, -0.25) is 9.59 Å². The number of hydrogen-bond donors (Lipinski definition) is 2. The SMILES string of the molecule is CCCC(CCC(=O)O)C(=O)O.Cl.Cl. The number of hydrogen-bond acceptors (Lipinski definition) is 2. The first-order chi connectivity index (χ1) is 5.57. The molecule has 0 rings (SSSR count). The van der Waals surface area contributed by atoms with E-state index in [-0.39, 0.29) is 37.7 Å². The van der Waals surface area contributed by atoms with Crippen LogP contribution >= 0.6 is 24.8 Å². The van der Waals surface area contributed by atoms with E-state index in [4.69, 9.17) is 10.2 Å². The molecule has 0 bridgehead atoms. The van der Waals surface area contributed by atoms with E-state index in [1.165, 1.54) is 0 Å². The maximum Gasteiger partial charge on any atom is 0.306 e. The summed E-state index contributed by atoms with van der Waals surface area (Å²) < 4.78 is 0. The van der Waals surface area contributed by atoms with E-state index in [9.17, 15) is 9.59 Å². The Morgan fingerprint density at radius 1 is 1.14 bits per heavy atom. The Hall–Kier alpha value is -0.480. The predicted molar refractivity (Wildman–Crippen MR) is 57.4 cm³/mol. The van der Waals surface area contributed by atoms with Gasteiger partial charge in [0.05, 0.1) is 5.92 Å². The topological polar surface area (TPSA) is 74.6 Å². The number of aliphatic carboxylic acids is 2. The summed E-state index contributed by atoms with van der Waals surface area (Å²) in [6.45, 7) is 1.89. The lowest BCUT2D eigenvalue weighted by Crippen LogP contribution is -2.14. The molecule has 0 heterocycles. The minimum atomic E-state index is -0.933. The maximum atomic E-state index is 10.5. The fourth-order valence-corrected chi connectivity index (χ4v) is 1.04. The van der Waals surface area contributed by atoms with E-state index in [1.807, 2.05) is 6.92 Å². The van der Waals surface area contributed by atoms with Gasteiger partial charge in [0.15, 0.2) is 0 Å². The molecule has 1 atom stereocenters. The molecule has 0 saturated heterocycles. The third-order valence-corrected chi connectivity index (χ3v) is 1.69. The minimum absolute atomic E-state index is 0. The molecule has 2 N–H and O–H groups in total. The molecule has 0 aliphatic carbocycles. The molecule has 0 saturated carbocycles. The van der Waals surface area contributed by atoms with Crippen molar-refractivity contribution in [2.24, 2.45) is 5.92 Å². The van der Waals surface area contributed by atoms with Gasteiger partial charge < -0.3 is 10.2 Å². The third-order valence-electron chi connectivity index (χ3n) is 1.69. The molecule has 0 aromatic carbocycles. The molecule has 0 aromatic heterocycles. The summed E-state index contributed by atoms with van der Waals surface area (Å²) in [7, 11) is 0. The maximum absolute atomic E-state index is 10.5. The molecule has 0 aromatic rings. The molecule has 6 heteroatoms. The third kappa shape index (κ3) is 9.61. The Morgan fingerprint density at radius 3 is 1.93 bits per heavy atom. The first-order valence-corrected chi connectivity index (χ1v) is 4.02. The number of halogens is 2. The second kappa shape index (κ2) is 10.6. The molecule has 0 aliphatic rings. The van der Waals surface area contributed by atoms with Gasteiger partial charge in [-0.1, -0.05) is 13.3 Å². The summed E-state index contributed by atoms with van der Waals surface area (Å²) in [6, 6.07) is 0. The monoisotopic (exact) mass is 246 g/mol. The van der Waals surface area contributed by atoms with Crippen molar-refractivity contribution in [3.63, 3.8) is 0 Å². The van der Waals surface area contributed by atoms with Crippen LogP contribution in [0.1, 0.15) is 32.6 Å². The molecule has 0 fully saturated rings. The van der Waals surface area contributed by atoms with Crippen LogP contribution in [-0.4, -0.2) is 22.2 Å². The Morgan fingerprint density at radius 2 is 1.64 bits per heavy atom. The molecule has 86 valence electrons. The van der Waals surface area contributed by atoms with Gasteiger partial charge in [0.2, 0.25) is 0 Å². The van der Waals surface area contributed by atoms with Gasteiger partial charge in [0.1, 0.15) is 0 Å². The van der Waals surface area contributed by atoms with Crippen LogP contribution in [0.25, 0.3) is 0 Å². The predicted octanol–water partition coefficient (Wildman–Crippen LogP) is 2.20. The highest BCUT2D eigenvalue weighted by molar-refractivity contribution is 5.85. The summed E-state index contributed by atoms with van der Waals surface area (Å²) in [5.74, 6) is -2.32. The number of carboxylic acid groups (broad SMARTS) is 2. The van der Waals surface area contributed by atoms with Crippen molar-refractivity contribution in [1.29, 1.82) is 0 Å². The van der Waals surface area contributed by atoms with E-state index in [1.54, 1.807) is 0 Å². The van der Waals surface area contributed by atoms with Gasteiger partial charge >= 0.3 is 11.9 Å². The highest BCUT2D eigenvalue weighted by Crippen LogP contribution is 2.13. The van der Waals surface area contributed by atoms with Gasteiger partial charge in [-0.15, -0.1) is 24.8 Å². The molecule has 0 aliphatic heterocycles. The summed E-state index contributed by atoms with van der Waals surface area (Å²) in [5, 5.41) is 16.9. The summed E-state index contributed by atoms with van der Waals surface area (Å²) in [5.41, 5.74) is 0. The molecule has 1 unspecified atom stereocenters. The van der Waals surface area contributed by atoms with Crippen LogP contribution < -0.4 is 0 Å². The number of carbonyl (C=O) groups is 2. The van der Waals surface area contributed by atoms with Crippen molar-refractivity contribution in [3.05, 3.63) is 0 Å². The summed E-state index contributed by atoms with van der Waals surface area (Å²) >= 11 is 0. The van der Waals surface area contributed by atoms with Crippen molar-refractivity contribution in [1.82, 2.24) is 0 Å². The second-order valence-corrected chi connectivity index (χ2v) is 2.76. The zero-order valence-corrected chi connectivity index (χ0v) is 9.57. The average molecular weight is 247 g/mol. The Bertz CT molecular complexity index is 173. The lowest BCUT2D eigenvalue weighted by molar-refractivity contribution is -0.143. The van der Waals surface area contributed by atoms with E-state index < -0.39 is 17.9 Å². The van der Waals surface area contributed by atoms with Crippen molar-refractivity contribution < 1.29 is 19.8 Å². The van der Waals surface area contributed by atoms with Gasteiger partial charge in [0, 0.05) is 6.42 Å². The fourth-order valence-electron chi connectivity index (χ4n) is 1.04. The Balaban J connectivity index is -0.000000605. The normalized spacial score (nSPS) is 10.6. The first kappa shape index (κ1) is 19.1. The molecular formula is C8H16Cl2O4. The van der Waals surface area contributed by atoms with E-state index in [2.05, 4.69) is 0 Å². The van der Waals surface area contributed by atoms with Crippen molar-refractivity contribution in [3.8, 4) is 0 Å². The number of rotatable bonds is 6. The van der Waals surface area contributed by atoms with Crippen LogP contribution in [0.5, 0.6) is 0 Å². The summed E-state index contributed by atoms with van der Waals surface area (Å²) in [6.07, 6.45) is 1.51. The quantitative estimate of drug-likeness (QED) is 0.754. The van der Waals surface area contributed by atoms with Crippen molar-refractivity contribution in [2.75, 3.05) is 0 Å². The summed E-state index contributed by atoms with van der Waals surface area (Å²) in [4.78, 5) is 20.6. The van der Waals surface area contributed by atoms with Gasteiger partial charge in [-0.05, 0) is 12.8 Å². The standard InChI is InChI=1S/C8H14O4.2ClH/c1-2-3-6(8(11)12)4-5-7(9)10;;/h6H,2-5H2,1H3,(H,9,10)(H,11,12);2*1H. The van der Waals surface area contributed by atoms with Crippen LogP contribution in [0.4, 0.5) is 0 Å². The minimum Gasteiger partial charge on any atom is -0.481 e. The molecule has 0 radical (unpaired) electrons. The molecule has 0 spiro atoms. The fraction of sp³-hybridized carbons (Fsp3) is 0.750. The smallest absolute Gasteiger partial charge is 0.306 e. The van der Waals surface area contributed by atoms with Crippen molar-refractivity contribution >= 4 is 36.8 Å². The van der Waals surface area contributed by atoms with E-state index in [0.717, 1.165) is 6.42 Å². The molecule has 14 heavy (non-hydrogen) atoms. The second-order valence-electron chi connectivity index (χ2n) is 2.76. The van der Waals surface area contributed by atoms with Gasteiger partial charge in [-0.25, -0.2) is 0 Å². The van der Waals surface area contributed by atoms with Crippen LogP contribution in [0.2, 0.25) is 0 Å². The highest BCUT2D eigenvalue weighted by Gasteiger charge is 2.16. The largest absolute Gasteiger partial charge is 0.481 e. The van der Waals surface area contributed by atoms with Crippen LogP contribution in [0, 0.1) is 5.92 Å².